The summed E-state index contributed by atoms with van der Waals surface area (Å²) in [6.07, 6.45) is 18.2. The van der Waals surface area contributed by atoms with Crippen LogP contribution >= 0.6 is 0 Å². The Bertz CT molecular complexity index is 887. The van der Waals surface area contributed by atoms with E-state index in [4.69, 9.17) is 18.9 Å². The Hall–Kier alpha value is -1.23. The third-order valence-electron chi connectivity index (χ3n) is 9.68. The fourth-order valence-corrected chi connectivity index (χ4v) is 7.36. The largest absolute Gasteiger partial charge is 0.389 e. The number of ether oxygens (including phenoxy) is 4. The molecule has 1 N–H and O–H groups in total. The zero-order valence-corrected chi connectivity index (χ0v) is 23.2. The normalized spacial score (nSPS) is 36.8. The fourth-order valence-electron chi connectivity index (χ4n) is 7.36. The average molecular weight is 531 g/mol. The maximum absolute atomic E-state index is 14.4. The highest BCUT2D eigenvalue weighted by molar-refractivity contribution is 5.21. The van der Waals surface area contributed by atoms with Gasteiger partial charge in [0, 0.05) is 37.4 Å². The Morgan fingerprint density at radius 1 is 1.08 bits per heavy atom. The second kappa shape index (κ2) is 13.4. The van der Waals surface area contributed by atoms with Gasteiger partial charge in [-0.05, 0) is 88.0 Å². The summed E-state index contributed by atoms with van der Waals surface area (Å²) in [7, 11) is 0. The topological polar surface area (TPSA) is 57.2 Å². The van der Waals surface area contributed by atoms with Gasteiger partial charge in [0.25, 0.3) is 0 Å². The van der Waals surface area contributed by atoms with Crippen molar-refractivity contribution in [2.45, 2.75) is 122 Å². The molecule has 212 valence electrons. The summed E-state index contributed by atoms with van der Waals surface area (Å²) in [4.78, 5) is 0. The number of allylic oxidation sites excluding steroid dienone is 1. The van der Waals surface area contributed by atoms with E-state index in [0.29, 0.717) is 18.3 Å². The van der Waals surface area contributed by atoms with Gasteiger partial charge in [0.1, 0.15) is 5.83 Å². The standard InChI is InChI=1S/C32H47FO5/c1-2-3-6-14-32(15-9-16-32)29(38-31-11-5-8-18-36-31)13-12-25-26-20-24(27(33)22-34)19-23(26)21-28(25)37-30-10-4-7-17-35-30/h12-13,23,25-26,28-31,34H,2,4-5,7-11,14-22H2,1H3/b13-12+,27-24+/t23-,25+,26-,28+,29+,30?,31?/m0/s1. The molecule has 0 aromatic heterocycles. The van der Waals surface area contributed by atoms with Crippen molar-refractivity contribution in [3.8, 4) is 11.8 Å². The van der Waals surface area contributed by atoms with Gasteiger partial charge in [-0.15, -0.1) is 11.8 Å². The van der Waals surface area contributed by atoms with E-state index < -0.39 is 6.61 Å². The lowest BCUT2D eigenvalue weighted by atomic mass is 9.63. The van der Waals surface area contributed by atoms with Crippen LogP contribution in [0.1, 0.15) is 96.8 Å². The molecule has 0 amide bonds. The summed E-state index contributed by atoms with van der Waals surface area (Å²) in [5.74, 6) is 7.23. The number of hydrogen-bond acceptors (Lipinski definition) is 5. The minimum absolute atomic E-state index is 0.0318. The molecule has 2 unspecified atom stereocenters. The highest BCUT2D eigenvalue weighted by Gasteiger charge is 2.49. The van der Waals surface area contributed by atoms with Gasteiger partial charge in [0.05, 0.1) is 18.8 Å². The molecule has 0 spiro atoms. The summed E-state index contributed by atoms with van der Waals surface area (Å²) in [5, 5.41) is 9.41. The molecule has 5 fully saturated rings. The third kappa shape index (κ3) is 6.56. The molecule has 2 saturated heterocycles. The molecule has 7 atom stereocenters. The number of aliphatic hydroxyl groups is 1. The van der Waals surface area contributed by atoms with Crippen LogP contribution in [0, 0.1) is 35.0 Å². The van der Waals surface area contributed by atoms with E-state index in [1.807, 2.05) is 0 Å². The highest BCUT2D eigenvalue weighted by Crippen LogP contribution is 2.53. The number of halogens is 1. The highest BCUT2D eigenvalue weighted by atomic mass is 19.1. The quantitative estimate of drug-likeness (QED) is 0.269. The Balaban J connectivity index is 1.37. The van der Waals surface area contributed by atoms with E-state index in [1.165, 1.54) is 6.42 Å². The Morgan fingerprint density at radius 2 is 1.84 bits per heavy atom. The van der Waals surface area contributed by atoms with Crippen molar-refractivity contribution in [1.29, 1.82) is 0 Å². The Labute approximate surface area is 228 Å². The first-order chi connectivity index (χ1) is 18.6. The van der Waals surface area contributed by atoms with Gasteiger partial charge < -0.3 is 24.1 Å². The molecule has 3 saturated carbocycles. The molecular weight excluding hydrogens is 483 g/mol. The molecule has 0 radical (unpaired) electrons. The minimum Gasteiger partial charge on any atom is -0.389 e. The van der Waals surface area contributed by atoms with Gasteiger partial charge in [0.2, 0.25) is 0 Å². The van der Waals surface area contributed by atoms with Crippen LogP contribution in [0.2, 0.25) is 0 Å². The molecule has 5 nitrogen and oxygen atoms in total. The van der Waals surface area contributed by atoms with Crippen LogP contribution in [0.15, 0.2) is 23.6 Å². The lowest BCUT2D eigenvalue weighted by Crippen LogP contribution is -2.44. The van der Waals surface area contributed by atoms with Crippen LogP contribution in [0.25, 0.3) is 0 Å². The lowest BCUT2D eigenvalue weighted by molar-refractivity contribution is -0.209. The summed E-state index contributed by atoms with van der Waals surface area (Å²) >= 11 is 0. The van der Waals surface area contributed by atoms with E-state index in [9.17, 15) is 9.50 Å². The van der Waals surface area contributed by atoms with Crippen molar-refractivity contribution >= 4 is 0 Å². The second-order valence-corrected chi connectivity index (χ2v) is 12.1. The van der Waals surface area contributed by atoms with Gasteiger partial charge in [-0.25, -0.2) is 4.39 Å². The molecule has 38 heavy (non-hydrogen) atoms. The fraction of sp³-hybridized carbons (Fsp3) is 0.812. The summed E-state index contributed by atoms with van der Waals surface area (Å²) in [5.41, 5.74) is 0.825. The first-order valence-electron chi connectivity index (χ1n) is 15.3. The average Bonchev–Trinajstić information content (AvgIpc) is 3.47. The second-order valence-electron chi connectivity index (χ2n) is 12.1. The molecule has 0 bridgehead atoms. The van der Waals surface area contributed by atoms with Gasteiger partial charge in [-0.2, -0.15) is 0 Å². The van der Waals surface area contributed by atoms with Crippen molar-refractivity contribution in [3.63, 3.8) is 0 Å². The maximum Gasteiger partial charge on any atom is 0.158 e. The van der Waals surface area contributed by atoms with Crippen molar-refractivity contribution in [2.75, 3.05) is 19.8 Å². The molecular formula is C32H47FO5. The summed E-state index contributed by atoms with van der Waals surface area (Å²) in [6, 6.07) is 0. The molecule has 0 aromatic carbocycles. The Kier molecular flexibility index (Phi) is 9.99. The molecule has 0 aromatic rings. The van der Waals surface area contributed by atoms with Crippen LogP contribution < -0.4 is 0 Å². The lowest BCUT2D eigenvalue weighted by Gasteiger charge is -2.47. The van der Waals surface area contributed by atoms with E-state index in [-0.39, 0.29) is 41.9 Å². The minimum atomic E-state index is -0.496. The molecule has 6 heteroatoms. The van der Waals surface area contributed by atoms with Gasteiger partial charge >= 0.3 is 0 Å². The number of fused-ring (bicyclic) bond motifs is 1. The molecule has 2 heterocycles. The first kappa shape index (κ1) is 28.3. The van der Waals surface area contributed by atoms with E-state index in [0.717, 1.165) is 95.8 Å². The molecule has 3 aliphatic carbocycles. The van der Waals surface area contributed by atoms with Crippen LogP contribution in [-0.2, 0) is 18.9 Å². The predicted octanol–water partition coefficient (Wildman–Crippen LogP) is 6.60. The van der Waals surface area contributed by atoms with Crippen LogP contribution in [0.5, 0.6) is 0 Å². The van der Waals surface area contributed by atoms with Crippen molar-refractivity contribution in [2.24, 2.45) is 23.2 Å². The number of rotatable bonds is 9. The summed E-state index contributed by atoms with van der Waals surface area (Å²) in [6.45, 7) is 3.13. The molecule has 2 aliphatic heterocycles. The SMILES string of the molecule is CCC#CCC1([C@@H](/C=C/[C@@H]2[C@H]3C/C(=C(/F)CO)C[C@H]3C[C@H]2OC2CCCCO2)OC2CCCCO2)CCC1. The van der Waals surface area contributed by atoms with Crippen molar-refractivity contribution < 1.29 is 28.4 Å². The number of hydrogen-bond donors (Lipinski definition) is 1. The molecule has 5 rings (SSSR count). The zero-order chi connectivity index (χ0) is 26.4. The smallest absolute Gasteiger partial charge is 0.158 e. The van der Waals surface area contributed by atoms with Gasteiger partial charge in [-0.3, -0.25) is 0 Å². The maximum atomic E-state index is 14.4. The zero-order valence-electron chi connectivity index (χ0n) is 23.2. The monoisotopic (exact) mass is 530 g/mol. The van der Waals surface area contributed by atoms with E-state index >= 15 is 0 Å². The van der Waals surface area contributed by atoms with Crippen LogP contribution in [0.3, 0.4) is 0 Å². The summed E-state index contributed by atoms with van der Waals surface area (Å²) < 4.78 is 39.6. The number of aliphatic hydroxyl groups excluding tert-OH is 1. The first-order valence-corrected chi connectivity index (χ1v) is 15.3. The Morgan fingerprint density at radius 3 is 2.47 bits per heavy atom. The van der Waals surface area contributed by atoms with Crippen LogP contribution in [-0.4, -0.2) is 49.7 Å². The third-order valence-corrected chi connectivity index (χ3v) is 9.68. The van der Waals surface area contributed by atoms with Gasteiger partial charge in [0.15, 0.2) is 12.6 Å². The van der Waals surface area contributed by atoms with Crippen LogP contribution in [0.4, 0.5) is 4.39 Å². The molecule has 5 aliphatic rings. The predicted molar refractivity (Wildman–Crippen MR) is 145 cm³/mol. The van der Waals surface area contributed by atoms with Crippen molar-refractivity contribution in [1.82, 2.24) is 0 Å². The van der Waals surface area contributed by atoms with Crippen molar-refractivity contribution in [3.05, 3.63) is 23.6 Å². The van der Waals surface area contributed by atoms with Gasteiger partial charge in [-0.1, -0.05) is 25.5 Å². The van der Waals surface area contributed by atoms with E-state index in [1.54, 1.807) is 0 Å². The van der Waals surface area contributed by atoms with E-state index in [2.05, 4.69) is 30.9 Å².